The molecule has 9 aromatic rings. The molecule has 0 aliphatic heterocycles. The van der Waals surface area contributed by atoms with Gasteiger partial charge in [-0.25, -0.2) is 0 Å². The predicted octanol–water partition coefficient (Wildman–Crippen LogP) is 13.2. The van der Waals surface area contributed by atoms with Crippen molar-refractivity contribution in [2.45, 2.75) is 0 Å². The van der Waals surface area contributed by atoms with Gasteiger partial charge in [0.25, 0.3) is 0 Å². The fourth-order valence-corrected chi connectivity index (χ4v) is 7.00. The van der Waals surface area contributed by atoms with E-state index in [0.29, 0.717) is 0 Å². The Kier molecular flexibility index (Phi) is 6.84. The third kappa shape index (κ3) is 4.83. The van der Waals surface area contributed by atoms with Gasteiger partial charge in [-0.15, -0.1) is 0 Å². The van der Waals surface area contributed by atoms with Gasteiger partial charge in [-0.1, -0.05) is 152 Å². The zero-order valence-corrected chi connectivity index (χ0v) is 26.3. The molecule has 48 heavy (non-hydrogen) atoms. The van der Waals surface area contributed by atoms with Crippen LogP contribution in [0.15, 0.2) is 192 Å². The summed E-state index contributed by atoms with van der Waals surface area (Å²) in [5.74, 6) is 0. The average molecular weight is 614 g/mol. The van der Waals surface area contributed by atoms with E-state index >= 15 is 0 Å². The molecular weight excluding hydrogens is 583 g/mol. The maximum absolute atomic E-state index is 6.54. The van der Waals surface area contributed by atoms with E-state index in [1.807, 2.05) is 6.07 Å². The van der Waals surface area contributed by atoms with Gasteiger partial charge in [0, 0.05) is 22.1 Å². The molecule has 0 saturated carbocycles. The third-order valence-electron chi connectivity index (χ3n) is 9.25. The van der Waals surface area contributed by atoms with E-state index in [0.717, 1.165) is 49.8 Å². The Morgan fingerprint density at radius 2 is 0.896 bits per heavy atom. The Bertz CT molecular complexity index is 2530. The summed E-state index contributed by atoms with van der Waals surface area (Å²) >= 11 is 0. The third-order valence-corrected chi connectivity index (χ3v) is 9.25. The van der Waals surface area contributed by atoms with Crippen molar-refractivity contribution in [1.29, 1.82) is 0 Å². The quantitative estimate of drug-likeness (QED) is 0.185. The van der Waals surface area contributed by atoms with E-state index in [-0.39, 0.29) is 0 Å². The van der Waals surface area contributed by atoms with Crippen LogP contribution in [0.25, 0.3) is 66.1 Å². The zero-order chi connectivity index (χ0) is 31.9. The van der Waals surface area contributed by atoms with Crippen LogP contribution in [0.4, 0.5) is 17.1 Å². The summed E-state index contributed by atoms with van der Waals surface area (Å²) in [6.07, 6.45) is 0. The molecule has 9 rings (SSSR count). The molecule has 226 valence electrons. The Balaban J connectivity index is 1.36. The maximum Gasteiger partial charge on any atom is 0.138 e. The molecule has 2 nitrogen and oxygen atoms in total. The maximum atomic E-state index is 6.54. The lowest BCUT2D eigenvalue weighted by Gasteiger charge is -2.29. The molecule has 1 heterocycles. The number of rotatable bonds is 6. The summed E-state index contributed by atoms with van der Waals surface area (Å²) in [7, 11) is 0. The van der Waals surface area contributed by atoms with Crippen LogP contribution in [0.1, 0.15) is 0 Å². The Morgan fingerprint density at radius 1 is 0.354 bits per heavy atom. The first kappa shape index (κ1) is 27.9. The van der Waals surface area contributed by atoms with Crippen molar-refractivity contribution in [1.82, 2.24) is 0 Å². The fraction of sp³-hybridized carbons (Fsp3) is 0. The second-order valence-corrected chi connectivity index (χ2v) is 12.1. The van der Waals surface area contributed by atoms with Gasteiger partial charge in [0.1, 0.15) is 11.2 Å². The monoisotopic (exact) mass is 613 g/mol. The Morgan fingerprint density at radius 3 is 1.60 bits per heavy atom. The van der Waals surface area contributed by atoms with Gasteiger partial charge in [-0.05, 0) is 75.2 Å². The van der Waals surface area contributed by atoms with Gasteiger partial charge in [0.15, 0.2) is 0 Å². The number of nitrogens with zero attached hydrogens (tertiary/aromatic N) is 1. The molecule has 0 aliphatic carbocycles. The summed E-state index contributed by atoms with van der Waals surface area (Å²) in [6.45, 7) is 0. The Hall–Kier alpha value is -6.38. The van der Waals surface area contributed by atoms with Crippen molar-refractivity contribution < 1.29 is 4.42 Å². The lowest BCUT2D eigenvalue weighted by Crippen LogP contribution is -2.11. The van der Waals surface area contributed by atoms with Crippen LogP contribution in [0, 0.1) is 0 Å². The van der Waals surface area contributed by atoms with Crippen LogP contribution < -0.4 is 4.90 Å². The van der Waals surface area contributed by atoms with Crippen molar-refractivity contribution in [2.24, 2.45) is 0 Å². The number of hydrogen-bond acceptors (Lipinski definition) is 2. The minimum Gasteiger partial charge on any atom is -0.456 e. The fourth-order valence-electron chi connectivity index (χ4n) is 7.00. The molecule has 1 aromatic heterocycles. The smallest absolute Gasteiger partial charge is 0.138 e. The van der Waals surface area contributed by atoms with Crippen molar-refractivity contribution in [3.63, 3.8) is 0 Å². The van der Waals surface area contributed by atoms with E-state index in [9.17, 15) is 0 Å². The average Bonchev–Trinajstić information content (AvgIpc) is 3.54. The molecule has 0 N–H and O–H groups in total. The van der Waals surface area contributed by atoms with Crippen molar-refractivity contribution in [3.8, 4) is 33.4 Å². The molecule has 0 atom stereocenters. The number of fused-ring (bicyclic) bond motifs is 4. The number of para-hydroxylation sites is 1. The molecule has 0 aliphatic rings. The number of anilines is 3. The molecular formula is C46H31NO. The molecule has 2 heteroatoms. The minimum absolute atomic E-state index is 0.875. The highest BCUT2D eigenvalue weighted by molar-refractivity contribution is 6.21. The second-order valence-electron chi connectivity index (χ2n) is 12.1. The van der Waals surface area contributed by atoms with Crippen molar-refractivity contribution >= 4 is 49.8 Å². The summed E-state index contributed by atoms with van der Waals surface area (Å²) in [5, 5.41) is 4.50. The molecule has 0 unspecified atom stereocenters. The molecule has 0 radical (unpaired) electrons. The van der Waals surface area contributed by atoms with Gasteiger partial charge in [-0.3, -0.25) is 0 Å². The summed E-state index contributed by atoms with van der Waals surface area (Å²) in [4.78, 5) is 2.42. The second kappa shape index (κ2) is 11.8. The SMILES string of the molecule is c1ccc(-c2ccc(N(c3ccc(-c4ccccc4)c(-c4ccccc4)c3)c3c4ccccc4cc4oc5ccccc5c34)cc2)cc1. The van der Waals surface area contributed by atoms with Gasteiger partial charge in [-0.2, -0.15) is 0 Å². The van der Waals surface area contributed by atoms with Gasteiger partial charge >= 0.3 is 0 Å². The summed E-state index contributed by atoms with van der Waals surface area (Å²) in [5.41, 5.74) is 12.1. The lowest BCUT2D eigenvalue weighted by molar-refractivity contribution is 0.669. The van der Waals surface area contributed by atoms with Crippen LogP contribution >= 0.6 is 0 Å². The van der Waals surface area contributed by atoms with Gasteiger partial charge < -0.3 is 9.32 Å². The van der Waals surface area contributed by atoms with E-state index in [2.05, 4.69) is 187 Å². The highest BCUT2D eigenvalue weighted by Crippen LogP contribution is 2.48. The van der Waals surface area contributed by atoms with Crippen LogP contribution in [0.5, 0.6) is 0 Å². The van der Waals surface area contributed by atoms with Crippen LogP contribution in [-0.2, 0) is 0 Å². The van der Waals surface area contributed by atoms with Crippen molar-refractivity contribution in [3.05, 3.63) is 188 Å². The number of benzene rings is 8. The summed E-state index contributed by atoms with van der Waals surface area (Å²) in [6, 6.07) is 66.9. The molecule has 0 amide bonds. The molecule has 0 bridgehead atoms. The highest BCUT2D eigenvalue weighted by atomic mass is 16.3. The predicted molar refractivity (Wildman–Crippen MR) is 202 cm³/mol. The van der Waals surface area contributed by atoms with E-state index < -0.39 is 0 Å². The number of furan rings is 1. The van der Waals surface area contributed by atoms with E-state index in [1.165, 1.54) is 33.4 Å². The first-order valence-electron chi connectivity index (χ1n) is 16.4. The van der Waals surface area contributed by atoms with Crippen LogP contribution in [0.2, 0.25) is 0 Å². The lowest BCUT2D eigenvalue weighted by atomic mass is 9.93. The van der Waals surface area contributed by atoms with Crippen LogP contribution in [-0.4, -0.2) is 0 Å². The Labute approximate surface area is 279 Å². The summed E-state index contributed by atoms with van der Waals surface area (Å²) < 4.78 is 6.54. The zero-order valence-electron chi connectivity index (χ0n) is 26.3. The molecule has 0 fully saturated rings. The largest absolute Gasteiger partial charge is 0.456 e. The standard InChI is InChI=1S/C46H31NO/c1-4-14-32(15-5-1)33-24-26-37(27-25-33)47(38-28-29-39(34-16-6-2-7-17-34)42(31-38)35-18-8-3-9-19-35)46-40-21-11-10-20-36(40)30-44-45(46)41-22-12-13-23-43(41)48-44/h1-31H. The molecule has 8 aromatic carbocycles. The number of hydrogen-bond donors (Lipinski definition) is 0. The first-order valence-corrected chi connectivity index (χ1v) is 16.4. The van der Waals surface area contributed by atoms with Gasteiger partial charge in [0.05, 0.1) is 11.1 Å². The van der Waals surface area contributed by atoms with Crippen LogP contribution in [0.3, 0.4) is 0 Å². The topological polar surface area (TPSA) is 16.4 Å². The minimum atomic E-state index is 0.875. The highest BCUT2D eigenvalue weighted by Gasteiger charge is 2.23. The normalized spacial score (nSPS) is 11.3. The molecule has 0 spiro atoms. The first-order chi connectivity index (χ1) is 23.8. The van der Waals surface area contributed by atoms with Gasteiger partial charge in [0.2, 0.25) is 0 Å². The van der Waals surface area contributed by atoms with Crippen molar-refractivity contribution in [2.75, 3.05) is 4.90 Å². The van der Waals surface area contributed by atoms with E-state index in [1.54, 1.807) is 0 Å². The van der Waals surface area contributed by atoms with E-state index in [4.69, 9.17) is 4.42 Å². The molecule has 0 saturated heterocycles.